The van der Waals surface area contributed by atoms with Gasteiger partial charge in [0.25, 0.3) is 0 Å². The lowest BCUT2D eigenvalue weighted by atomic mass is 10.1. The maximum absolute atomic E-state index is 11.2. The first-order valence-corrected chi connectivity index (χ1v) is 5.51. The molecule has 0 fully saturated rings. The largest absolute Gasteiger partial charge is 0.480 e. The summed E-state index contributed by atoms with van der Waals surface area (Å²) in [6.07, 6.45) is 1.57. The Bertz CT molecular complexity index is 614. The fourth-order valence-electron chi connectivity index (χ4n) is 1.64. The second-order valence-electron chi connectivity index (χ2n) is 3.72. The Labute approximate surface area is 110 Å². The second-order valence-corrected chi connectivity index (χ2v) is 3.72. The van der Waals surface area contributed by atoms with Crippen LogP contribution in [0.3, 0.4) is 0 Å². The number of rotatable bonds is 4. The number of aromatic nitrogens is 2. The van der Waals surface area contributed by atoms with E-state index in [2.05, 4.69) is 9.97 Å². The van der Waals surface area contributed by atoms with Gasteiger partial charge in [-0.15, -0.1) is 0 Å². The molecule has 1 amide bonds. The molecule has 0 aliphatic heterocycles. The monoisotopic (exact) mass is 259 g/mol. The molecule has 0 atom stereocenters. The molecule has 0 radical (unpaired) electrons. The Morgan fingerprint density at radius 3 is 2.68 bits per heavy atom. The van der Waals surface area contributed by atoms with Crippen LogP contribution < -0.4 is 15.2 Å². The number of amides is 1. The van der Waals surface area contributed by atoms with E-state index in [1.54, 1.807) is 24.4 Å². The van der Waals surface area contributed by atoms with Gasteiger partial charge in [-0.25, -0.2) is 4.98 Å². The Balaban J connectivity index is 2.52. The van der Waals surface area contributed by atoms with E-state index in [9.17, 15) is 4.79 Å². The molecule has 2 N–H and O–H groups in total. The van der Waals surface area contributed by atoms with Crippen LogP contribution >= 0.6 is 0 Å². The summed E-state index contributed by atoms with van der Waals surface area (Å²) in [5, 5.41) is 0. The van der Waals surface area contributed by atoms with Crippen molar-refractivity contribution in [1.29, 1.82) is 0 Å². The minimum absolute atomic E-state index is 0.214. The highest BCUT2D eigenvalue weighted by atomic mass is 16.5. The van der Waals surface area contributed by atoms with Gasteiger partial charge in [-0.1, -0.05) is 12.1 Å². The fraction of sp³-hybridized carbons (Fsp3) is 0.154. The molecule has 0 saturated carbocycles. The molecule has 6 nitrogen and oxygen atoms in total. The number of nitrogens with zero attached hydrogens (tertiary/aromatic N) is 2. The fourth-order valence-corrected chi connectivity index (χ4v) is 1.64. The third-order valence-corrected chi connectivity index (χ3v) is 2.57. The highest BCUT2D eigenvalue weighted by Gasteiger charge is 2.11. The lowest BCUT2D eigenvalue weighted by Gasteiger charge is -2.08. The maximum atomic E-state index is 11.2. The standard InChI is InChI=1S/C13H13N3O3/c1-18-12-10(7-15-13(16-12)19-2)8-4-3-5-9(6-8)11(14)17/h3-7H,1-2H3,(H2,14,17). The number of carbonyl (C=O) groups is 1. The molecule has 2 aromatic rings. The van der Waals surface area contributed by atoms with Crippen LogP contribution in [0.5, 0.6) is 11.9 Å². The summed E-state index contributed by atoms with van der Waals surface area (Å²) in [4.78, 5) is 19.3. The number of methoxy groups -OCH3 is 2. The zero-order chi connectivity index (χ0) is 13.8. The average molecular weight is 259 g/mol. The predicted molar refractivity (Wildman–Crippen MR) is 69.1 cm³/mol. The number of benzene rings is 1. The Morgan fingerprint density at radius 1 is 1.26 bits per heavy atom. The molecule has 0 saturated heterocycles. The molecule has 19 heavy (non-hydrogen) atoms. The van der Waals surface area contributed by atoms with Crippen LogP contribution in [0.2, 0.25) is 0 Å². The lowest BCUT2D eigenvalue weighted by Crippen LogP contribution is -2.10. The van der Waals surface area contributed by atoms with E-state index < -0.39 is 5.91 Å². The smallest absolute Gasteiger partial charge is 0.319 e. The van der Waals surface area contributed by atoms with E-state index in [4.69, 9.17) is 15.2 Å². The first-order valence-electron chi connectivity index (χ1n) is 5.51. The lowest BCUT2D eigenvalue weighted by molar-refractivity contribution is 0.100. The van der Waals surface area contributed by atoms with Gasteiger partial charge in [-0.05, 0) is 17.7 Å². The van der Waals surface area contributed by atoms with Crippen molar-refractivity contribution in [3.8, 4) is 23.0 Å². The summed E-state index contributed by atoms with van der Waals surface area (Å²) in [6.45, 7) is 0. The van der Waals surface area contributed by atoms with Gasteiger partial charge in [0.15, 0.2) is 0 Å². The van der Waals surface area contributed by atoms with Gasteiger partial charge in [0.1, 0.15) is 0 Å². The van der Waals surface area contributed by atoms with E-state index in [1.807, 2.05) is 6.07 Å². The minimum Gasteiger partial charge on any atom is -0.480 e. The number of primary amides is 1. The van der Waals surface area contributed by atoms with E-state index in [1.165, 1.54) is 14.2 Å². The molecule has 6 heteroatoms. The van der Waals surface area contributed by atoms with Crippen LogP contribution in [-0.4, -0.2) is 30.1 Å². The average Bonchev–Trinajstić information content (AvgIpc) is 2.46. The van der Waals surface area contributed by atoms with Gasteiger partial charge in [-0.2, -0.15) is 4.98 Å². The van der Waals surface area contributed by atoms with Crippen LogP contribution in [0.15, 0.2) is 30.5 Å². The zero-order valence-corrected chi connectivity index (χ0v) is 10.6. The third kappa shape index (κ3) is 2.62. The Hall–Kier alpha value is -2.63. The molecule has 98 valence electrons. The number of carbonyl (C=O) groups excluding carboxylic acids is 1. The SMILES string of the molecule is COc1ncc(-c2cccc(C(N)=O)c2)c(OC)n1. The number of ether oxygens (including phenoxy) is 2. The highest BCUT2D eigenvalue weighted by molar-refractivity contribution is 5.94. The van der Waals surface area contributed by atoms with Crippen LogP contribution in [0.1, 0.15) is 10.4 Å². The number of hydrogen-bond donors (Lipinski definition) is 1. The van der Waals surface area contributed by atoms with Crippen molar-refractivity contribution in [3.63, 3.8) is 0 Å². The third-order valence-electron chi connectivity index (χ3n) is 2.57. The van der Waals surface area contributed by atoms with Gasteiger partial charge >= 0.3 is 6.01 Å². The molecule has 1 aromatic heterocycles. The van der Waals surface area contributed by atoms with E-state index >= 15 is 0 Å². The van der Waals surface area contributed by atoms with E-state index in [0.29, 0.717) is 17.0 Å². The summed E-state index contributed by atoms with van der Waals surface area (Å²) in [5.74, 6) is -0.122. The topological polar surface area (TPSA) is 87.3 Å². The van der Waals surface area contributed by atoms with Crippen molar-refractivity contribution in [1.82, 2.24) is 9.97 Å². The first kappa shape index (κ1) is 12.8. The Kier molecular flexibility index (Phi) is 3.61. The van der Waals surface area contributed by atoms with Crippen LogP contribution in [0, 0.1) is 0 Å². The highest BCUT2D eigenvalue weighted by Crippen LogP contribution is 2.29. The maximum Gasteiger partial charge on any atom is 0.319 e. The Morgan fingerprint density at radius 2 is 2.05 bits per heavy atom. The normalized spacial score (nSPS) is 10.0. The van der Waals surface area contributed by atoms with Crippen molar-refractivity contribution in [2.45, 2.75) is 0 Å². The molecule has 2 rings (SSSR count). The van der Waals surface area contributed by atoms with Gasteiger partial charge in [0, 0.05) is 11.8 Å². The molecule has 0 aliphatic rings. The molecule has 1 heterocycles. The van der Waals surface area contributed by atoms with E-state index in [0.717, 1.165) is 5.56 Å². The van der Waals surface area contributed by atoms with Gasteiger partial charge in [0.2, 0.25) is 11.8 Å². The molecular weight excluding hydrogens is 246 g/mol. The summed E-state index contributed by atoms with van der Waals surface area (Å²) in [7, 11) is 2.98. The van der Waals surface area contributed by atoms with Crippen molar-refractivity contribution < 1.29 is 14.3 Å². The van der Waals surface area contributed by atoms with Crippen molar-refractivity contribution in [3.05, 3.63) is 36.0 Å². The van der Waals surface area contributed by atoms with Crippen LogP contribution in [0.25, 0.3) is 11.1 Å². The molecule has 0 aliphatic carbocycles. The van der Waals surface area contributed by atoms with Gasteiger partial charge < -0.3 is 15.2 Å². The second kappa shape index (κ2) is 5.34. The quantitative estimate of drug-likeness (QED) is 0.893. The van der Waals surface area contributed by atoms with Crippen LogP contribution in [-0.2, 0) is 0 Å². The van der Waals surface area contributed by atoms with Crippen molar-refractivity contribution in [2.24, 2.45) is 5.73 Å². The molecule has 0 spiro atoms. The number of nitrogens with two attached hydrogens (primary N) is 1. The first-order chi connectivity index (χ1) is 9.15. The van der Waals surface area contributed by atoms with Gasteiger partial charge in [0.05, 0.1) is 19.8 Å². The minimum atomic E-state index is -0.491. The van der Waals surface area contributed by atoms with Crippen molar-refractivity contribution in [2.75, 3.05) is 14.2 Å². The van der Waals surface area contributed by atoms with Crippen molar-refractivity contribution >= 4 is 5.91 Å². The summed E-state index contributed by atoms with van der Waals surface area (Å²) >= 11 is 0. The summed E-state index contributed by atoms with van der Waals surface area (Å²) < 4.78 is 10.1. The molecular formula is C13H13N3O3. The summed E-state index contributed by atoms with van der Waals surface area (Å²) in [6, 6.07) is 7.07. The molecule has 0 unspecified atom stereocenters. The predicted octanol–water partition coefficient (Wildman–Crippen LogP) is 1.26. The molecule has 0 bridgehead atoms. The zero-order valence-electron chi connectivity index (χ0n) is 10.6. The molecule has 1 aromatic carbocycles. The number of hydrogen-bond acceptors (Lipinski definition) is 5. The van der Waals surface area contributed by atoms with E-state index in [-0.39, 0.29) is 6.01 Å². The van der Waals surface area contributed by atoms with Crippen LogP contribution in [0.4, 0.5) is 0 Å². The van der Waals surface area contributed by atoms with Gasteiger partial charge in [-0.3, -0.25) is 4.79 Å². The summed E-state index contributed by atoms with van der Waals surface area (Å²) in [5.41, 5.74) is 7.07.